The van der Waals surface area contributed by atoms with Gasteiger partial charge in [-0.3, -0.25) is 0 Å². The van der Waals surface area contributed by atoms with Gasteiger partial charge in [-0.05, 0) is 19.4 Å². The van der Waals surface area contributed by atoms with Crippen LogP contribution < -0.4 is 5.32 Å². The molecule has 0 radical (unpaired) electrons. The first-order valence-corrected chi connectivity index (χ1v) is 7.35. The number of piperidine rings is 1. The third-order valence-electron chi connectivity index (χ3n) is 4.01. The SMILES string of the molecule is CCN1CCC(n2nccc2NCc2ncc[nH]2)CC1. The summed E-state index contributed by atoms with van der Waals surface area (Å²) in [5.74, 6) is 2.02. The van der Waals surface area contributed by atoms with E-state index in [9.17, 15) is 0 Å². The number of likely N-dealkylation sites (tertiary alicyclic amines) is 1. The highest BCUT2D eigenvalue weighted by atomic mass is 15.3. The number of nitrogens with one attached hydrogen (secondary N) is 2. The first-order chi connectivity index (χ1) is 9.86. The molecule has 0 aliphatic carbocycles. The molecule has 2 N–H and O–H groups in total. The van der Waals surface area contributed by atoms with Crippen LogP contribution in [-0.4, -0.2) is 44.3 Å². The monoisotopic (exact) mass is 274 g/mol. The Morgan fingerprint density at radius 1 is 1.35 bits per heavy atom. The second-order valence-corrected chi connectivity index (χ2v) is 5.22. The summed E-state index contributed by atoms with van der Waals surface area (Å²) in [5.41, 5.74) is 0. The van der Waals surface area contributed by atoms with E-state index in [1.165, 1.54) is 25.9 Å². The Hall–Kier alpha value is -1.82. The van der Waals surface area contributed by atoms with Crippen LogP contribution in [0.4, 0.5) is 5.82 Å². The molecule has 0 bridgehead atoms. The average molecular weight is 274 g/mol. The summed E-state index contributed by atoms with van der Waals surface area (Å²) in [6.07, 6.45) is 7.83. The fourth-order valence-corrected chi connectivity index (χ4v) is 2.79. The van der Waals surface area contributed by atoms with Crippen LogP contribution in [0.1, 0.15) is 31.6 Å². The van der Waals surface area contributed by atoms with Gasteiger partial charge < -0.3 is 15.2 Å². The number of aromatic amines is 1. The average Bonchev–Trinajstić information content (AvgIpc) is 3.16. The highest BCUT2D eigenvalue weighted by Gasteiger charge is 2.21. The minimum Gasteiger partial charge on any atom is -0.363 e. The van der Waals surface area contributed by atoms with Gasteiger partial charge in [0.1, 0.15) is 11.6 Å². The first-order valence-electron chi connectivity index (χ1n) is 7.35. The van der Waals surface area contributed by atoms with E-state index < -0.39 is 0 Å². The molecular formula is C14H22N6. The largest absolute Gasteiger partial charge is 0.363 e. The van der Waals surface area contributed by atoms with Crippen LogP contribution in [0.3, 0.4) is 0 Å². The van der Waals surface area contributed by atoms with Crippen LogP contribution >= 0.6 is 0 Å². The maximum absolute atomic E-state index is 4.50. The third kappa shape index (κ3) is 2.85. The molecule has 1 fully saturated rings. The molecule has 0 saturated carbocycles. The van der Waals surface area contributed by atoms with Crippen molar-refractivity contribution in [1.29, 1.82) is 0 Å². The van der Waals surface area contributed by atoms with Crippen molar-refractivity contribution in [2.45, 2.75) is 32.4 Å². The molecule has 1 saturated heterocycles. The number of rotatable bonds is 5. The molecule has 2 aromatic heterocycles. The van der Waals surface area contributed by atoms with Crippen LogP contribution in [0.5, 0.6) is 0 Å². The predicted molar refractivity (Wildman–Crippen MR) is 78.5 cm³/mol. The molecule has 2 aromatic rings. The lowest BCUT2D eigenvalue weighted by molar-refractivity contribution is 0.188. The smallest absolute Gasteiger partial charge is 0.125 e. The van der Waals surface area contributed by atoms with E-state index in [0.29, 0.717) is 12.6 Å². The molecule has 0 aromatic carbocycles. The molecule has 3 heterocycles. The highest BCUT2D eigenvalue weighted by Crippen LogP contribution is 2.25. The fraction of sp³-hybridized carbons (Fsp3) is 0.571. The molecule has 6 nitrogen and oxygen atoms in total. The molecule has 1 aliphatic heterocycles. The van der Waals surface area contributed by atoms with Gasteiger partial charge in [0.25, 0.3) is 0 Å². The number of imidazole rings is 1. The summed E-state index contributed by atoms with van der Waals surface area (Å²) in [6.45, 7) is 6.41. The van der Waals surface area contributed by atoms with Gasteiger partial charge in [-0.25, -0.2) is 9.67 Å². The van der Waals surface area contributed by atoms with Gasteiger partial charge in [0.05, 0.1) is 18.8 Å². The predicted octanol–water partition coefficient (Wildman–Crippen LogP) is 1.88. The normalized spacial score (nSPS) is 17.4. The maximum atomic E-state index is 4.50. The van der Waals surface area contributed by atoms with Crippen molar-refractivity contribution in [3.8, 4) is 0 Å². The van der Waals surface area contributed by atoms with E-state index in [0.717, 1.165) is 18.2 Å². The summed E-state index contributed by atoms with van der Waals surface area (Å²) < 4.78 is 2.13. The van der Waals surface area contributed by atoms with Gasteiger partial charge >= 0.3 is 0 Å². The lowest BCUT2D eigenvalue weighted by Crippen LogP contribution is -2.34. The second-order valence-electron chi connectivity index (χ2n) is 5.22. The molecular weight excluding hydrogens is 252 g/mol. The Morgan fingerprint density at radius 2 is 2.20 bits per heavy atom. The van der Waals surface area contributed by atoms with Crippen LogP contribution in [0, 0.1) is 0 Å². The summed E-state index contributed by atoms with van der Waals surface area (Å²) in [7, 11) is 0. The minimum absolute atomic E-state index is 0.506. The van der Waals surface area contributed by atoms with Gasteiger partial charge in [0, 0.05) is 31.5 Å². The van der Waals surface area contributed by atoms with Gasteiger partial charge in [-0.15, -0.1) is 0 Å². The number of nitrogens with zero attached hydrogens (tertiary/aromatic N) is 4. The Bertz CT molecular complexity index is 510. The van der Waals surface area contributed by atoms with Crippen molar-refractivity contribution in [2.75, 3.05) is 25.0 Å². The fourth-order valence-electron chi connectivity index (χ4n) is 2.79. The molecule has 3 rings (SSSR count). The van der Waals surface area contributed by atoms with Crippen LogP contribution in [0.15, 0.2) is 24.7 Å². The molecule has 20 heavy (non-hydrogen) atoms. The standard InChI is InChI=1S/C14H22N6/c1-2-19-9-4-12(5-10-19)20-14(3-6-18-20)17-11-13-15-7-8-16-13/h3,6-8,12,17H,2,4-5,9-11H2,1H3,(H,15,16). The number of aromatic nitrogens is 4. The molecule has 6 heteroatoms. The lowest BCUT2D eigenvalue weighted by atomic mass is 10.1. The summed E-state index contributed by atoms with van der Waals surface area (Å²) >= 11 is 0. The van der Waals surface area contributed by atoms with E-state index in [-0.39, 0.29) is 0 Å². The van der Waals surface area contributed by atoms with Gasteiger partial charge in [-0.1, -0.05) is 6.92 Å². The van der Waals surface area contributed by atoms with E-state index in [4.69, 9.17) is 0 Å². The van der Waals surface area contributed by atoms with Crippen LogP contribution in [-0.2, 0) is 6.54 Å². The highest BCUT2D eigenvalue weighted by molar-refractivity contribution is 5.34. The number of H-pyrrole nitrogens is 1. The molecule has 0 spiro atoms. The van der Waals surface area contributed by atoms with Crippen molar-refractivity contribution in [2.24, 2.45) is 0 Å². The number of hydrogen-bond acceptors (Lipinski definition) is 4. The Morgan fingerprint density at radius 3 is 2.90 bits per heavy atom. The molecule has 0 atom stereocenters. The molecule has 0 unspecified atom stereocenters. The van der Waals surface area contributed by atoms with Gasteiger partial charge in [0.15, 0.2) is 0 Å². The van der Waals surface area contributed by atoms with Crippen molar-refractivity contribution < 1.29 is 0 Å². The lowest BCUT2D eigenvalue weighted by Gasteiger charge is -2.31. The molecule has 0 amide bonds. The van der Waals surface area contributed by atoms with E-state index in [1.54, 1.807) is 6.20 Å². The van der Waals surface area contributed by atoms with Crippen LogP contribution in [0.2, 0.25) is 0 Å². The zero-order chi connectivity index (χ0) is 13.8. The third-order valence-corrected chi connectivity index (χ3v) is 4.01. The second kappa shape index (κ2) is 6.09. The van der Waals surface area contributed by atoms with E-state index in [2.05, 4.69) is 36.9 Å². The van der Waals surface area contributed by atoms with Crippen molar-refractivity contribution >= 4 is 5.82 Å². The summed E-state index contributed by atoms with van der Waals surface area (Å²) in [6, 6.07) is 2.54. The Kier molecular flexibility index (Phi) is 4.01. The number of hydrogen-bond donors (Lipinski definition) is 2. The van der Waals surface area contributed by atoms with Crippen molar-refractivity contribution in [1.82, 2.24) is 24.6 Å². The first kappa shape index (κ1) is 13.2. The van der Waals surface area contributed by atoms with E-state index >= 15 is 0 Å². The molecule has 1 aliphatic rings. The summed E-state index contributed by atoms with van der Waals surface area (Å²) in [5, 5.41) is 7.91. The summed E-state index contributed by atoms with van der Waals surface area (Å²) in [4.78, 5) is 9.82. The van der Waals surface area contributed by atoms with Crippen molar-refractivity contribution in [3.05, 3.63) is 30.5 Å². The Labute approximate surface area is 119 Å². The zero-order valence-corrected chi connectivity index (χ0v) is 11.9. The quantitative estimate of drug-likeness (QED) is 0.874. The number of anilines is 1. The topological polar surface area (TPSA) is 61.8 Å². The van der Waals surface area contributed by atoms with Gasteiger partial charge in [0.2, 0.25) is 0 Å². The zero-order valence-electron chi connectivity index (χ0n) is 11.9. The minimum atomic E-state index is 0.506. The van der Waals surface area contributed by atoms with Crippen molar-refractivity contribution in [3.63, 3.8) is 0 Å². The van der Waals surface area contributed by atoms with Crippen LogP contribution in [0.25, 0.3) is 0 Å². The molecule has 108 valence electrons. The Balaban J connectivity index is 1.61. The van der Waals surface area contributed by atoms with E-state index in [1.807, 2.05) is 18.5 Å². The maximum Gasteiger partial charge on any atom is 0.125 e. The van der Waals surface area contributed by atoms with Gasteiger partial charge in [-0.2, -0.15) is 5.10 Å².